The van der Waals surface area contributed by atoms with E-state index in [9.17, 15) is 0 Å². The van der Waals surface area contributed by atoms with Crippen LogP contribution in [-0.4, -0.2) is 25.6 Å². The highest BCUT2D eigenvalue weighted by Gasteiger charge is 2.14. The third-order valence-electron chi connectivity index (χ3n) is 4.36. The molecule has 4 heteroatoms. The molecule has 0 heterocycles. The summed E-state index contributed by atoms with van der Waals surface area (Å²) in [6.45, 7) is 1.08. The summed E-state index contributed by atoms with van der Waals surface area (Å²) < 4.78 is 0. The van der Waals surface area contributed by atoms with Gasteiger partial charge in [0.25, 0.3) is 0 Å². The zero-order valence-corrected chi connectivity index (χ0v) is 15.1. The Kier molecular flexibility index (Phi) is 9.31. The largest absolute Gasteiger partial charge is 0.356 e. The average molecular weight is 391 g/mol. The quantitative estimate of drug-likeness (QED) is 0.332. The highest BCUT2D eigenvalue weighted by Crippen LogP contribution is 2.21. The minimum atomic E-state index is 0. The van der Waals surface area contributed by atoms with E-state index in [0.29, 0.717) is 6.04 Å². The van der Waals surface area contributed by atoms with Gasteiger partial charge in [-0.2, -0.15) is 0 Å². The molecule has 1 fully saturated rings. The molecular weight excluding hydrogens is 361 g/mol. The molecule has 0 aromatic rings. The van der Waals surface area contributed by atoms with Crippen molar-refractivity contribution in [2.45, 2.75) is 63.8 Å². The lowest BCUT2D eigenvalue weighted by Gasteiger charge is -2.22. The van der Waals surface area contributed by atoms with E-state index in [4.69, 9.17) is 0 Å². The van der Waals surface area contributed by atoms with Crippen LogP contribution in [0, 0.1) is 5.92 Å². The van der Waals surface area contributed by atoms with Gasteiger partial charge in [0.05, 0.1) is 0 Å². The van der Waals surface area contributed by atoms with E-state index in [1.54, 1.807) is 0 Å². The Morgan fingerprint density at radius 2 is 1.65 bits per heavy atom. The second-order valence-electron chi connectivity index (χ2n) is 5.95. The highest BCUT2D eigenvalue weighted by atomic mass is 127. The number of rotatable bonds is 3. The van der Waals surface area contributed by atoms with Crippen molar-refractivity contribution >= 4 is 29.9 Å². The molecule has 0 radical (unpaired) electrons. The third kappa shape index (κ3) is 6.46. The van der Waals surface area contributed by atoms with Crippen molar-refractivity contribution in [3.8, 4) is 0 Å². The van der Waals surface area contributed by atoms with Gasteiger partial charge in [0.15, 0.2) is 5.96 Å². The molecule has 2 rings (SSSR count). The van der Waals surface area contributed by atoms with Gasteiger partial charge in [-0.25, -0.2) is 0 Å². The highest BCUT2D eigenvalue weighted by molar-refractivity contribution is 14.0. The number of nitrogens with one attached hydrogen (secondary N) is 2. The molecule has 0 bridgehead atoms. The number of aliphatic imine (C=N–C) groups is 1. The van der Waals surface area contributed by atoms with Crippen LogP contribution in [0.25, 0.3) is 0 Å². The average Bonchev–Trinajstić information content (AvgIpc) is 2.88. The summed E-state index contributed by atoms with van der Waals surface area (Å²) in [6.07, 6.45) is 16.6. The van der Waals surface area contributed by atoms with Gasteiger partial charge < -0.3 is 10.6 Å². The molecule has 0 unspecified atom stereocenters. The summed E-state index contributed by atoms with van der Waals surface area (Å²) in [5.41, 5.74) is 0. The van der Waals surface area contributed by atoms with Gasteiger partial charge in [-0.15, -0.1) is 24.0 Å². The first-order valence-corrected chi connectivity index (χ1v) is 8.00. The lowest BCUT2D eigenvalue weighted by atomic mass is 9.91. The van der Waals surface area contributed by atoms with Gasteiger partial charge in [0, 0.05) is 19.6 Å². The molecular formula is C16H30IN3. The van der Waals surface area contributed by atoms with Crippen molar-refractivity contribution in [1.29, 1.82) is 0 Å². The van der Waals surface area contributed by atoms with E-state index in [-0.39, 0.29) is 24.0 Å². The summed E-state index contributed by atoms with van der Waals surface area (Å²) in [5.74, 6) is 1.82. The maximum absolute atomic E-state index is 4.34. The SMILES string of the molecule is CN=C(NCC1CCCCCCC1)NC1CC=CC1.I. The number of nitrogens with zero attached hydrogens (tertiary/aromatic N) is 1. The van der Waals surface area contributed by atoms with E-state index in [1.165, 1.54) is 44.9 Å². The summed E-state index contributed by atoms with van der Waals surface area (Å²) in [7, 11) is 1.87. The van der Waals surface area contributed by atoms with Crippen LogP contribution in [0.4, 0.5) is 0 Å². The molecule has 0 aromatic heterocycles. The molecule has 0 spiro atoms. The van der Waals surface area contributed by atoms with Crippen LogP contribution in [0.3, 0.4) is 0 Å². The monoisotopic (exact) mass is 391 g/mol. The van der Waals surface area contributed by atoms with Gasteiger partial charge in [-0.05, 0) is 31.6 Å². The maximum Gasteiger partial charge on any atom is 0.191 e. The van der Waals surface area contributed by atoms with Crippen molar-refractivity contribution in [1.82, 2.24) is 10.6 Å². The minimum absolute atomic E-state index is 0. The Hall–Kier alpha value is -0.260. The Bertz CT molecular complexity index is 299. The molecule has 1 saturated carbocycles. The van der Waals surface area contributed by atoms with Gasteiger partial charge in [-0.3, -0.25) is 4.99 Å². The summed E-state index contributed by atoms with van der Waals surface area (Å²) in [4.78, 5) is 4.34. The fourth-order valence-electron chi connectivity index (χ4n) is 3.11. The van der Waals surface area contributed by atoms with Crippen molar-refractivity contribution in [3.63, 3.8) is 0 Å². The van der Waals surface area contributed by atoms with Crippen LogP contribution in [0.5, 0.6) is 0 Å². The molecule has 0 aliphatic heterocycles. The number of hydrogen-bond donors (Lipinski definition) is 2. The number of guanidine groups is 1. The molecule has 2 aliphatic rings. The molecule has 0 amide bonds. The summed E-state index contributed by atoms with van der Waals surface area (Å²) in [6, 6.07) is 0.545. The lowest BCUT2D eigenvalue weighted by molar-refractivity contribution is 0.374. The zero-order chi connectivity index (χ0) is 13.3. The standard InChI is InChI=1S/C16H29N3.HI/c1-17-16(19-15-11-7-8-12-15)18-13-14-9-5-3-2-4-6-10-14;/h7-8,14-15H,2-6,9-13H2,1H3,(H2,17,18,19);1H. The Balaban J connectivity index is 0.00000200. The Morgan fingerprint density at radius 1 is 1.05 bits per heavy atom. The van der Waals surface area contributed by atoms with Gasteiger partial charge in [-0.1, -0.05) is 44.3 Å². The van der Waals surface area contributed by atoms with E-state index < -0.39 is 0 Å². The van der Waals surface area contributed by atoms with Crippen molar-refractivity contribution in [3.05, 3.63) is 12.2 Å². The fourth-order valence-corrected chi connectivity index (χ4v) is 3.11. The first-order valence-electron chi connectivity index (χ1n) is 8.00. The summed E-state index contributed by atoms with van der Waals surface area (Å²) >= 11 is 0. The van der Waals surface area contributed by atoms with Crippen molar-refractivity contribution < 1.29 is 0 Å². The van der Waals surface area contributed by atoms with Gasteiger partial charge in [0.1, 0.15) is 0 Å². The topological polar surface area (TPSA) is 36.4 Å². The fraction of sp³-hybridized carbons (Fsp3) is 0.812. The number of halogens is 1. The summed E-state index contributed by atoms with van der Waals surface area (Å²) in [5, 5.41) is 7.03. The molecule has 116 valence electrons. The molecule has 0 saturated heterocycles. The number of hydrogen-bond acceptors (Lipinski definition) is 1. The van der Waals surface area contributed by atoms with E-state index in [1.807, 2.05) is 7.05 Å². The van der Waals surface area contributed by atoms with E-state index >= 15 is 0 Å². The maximum atomic E-state index is 4.34. The first kappa shape index (κ1) is 17.8. The second kappa shape index (κ2) is 10.5. The smallest absolute Gasteiger partial charge is 0.191 e. The van der Waals surface area contributed by atoms with Crippen LogP contribution in [0.1, 0.15) is 57.8 Å². The molecule has 20 heavy (non-hydrogen) atoms. The normalized spacial score (nSPS) is 21.9. The lowest BCUT2D eigenvalue weighted by Crippen LogP contribution is -2.44. The zero-order valence-electron chi connectivity index (χ0n) is 12.7. The van der Waals surface area contributed by atoms with Crippen LogP contribution in [-0.2, 0) is 0 Å². The van der Waals surface area contributed by atoms with Crippen LogP contribution in [0.15, 0.2) is 17.1 Å². The molecule has 2 aliphatic carbocycles. The first-order chi connectivity index (χ1) is 9.38. The van der Waals surface area contributed by atoms with E-state index in [0.717, 1.165) is 31.3 Å². The molecule has 0 aromatic carbocycles. The van der Waals surface area contributed by atoms with Crippen LogP contribution < -0.4 is 10.6 Å². The minimum Gasteiger partial charge on any atom is -0.356 e. The Morgan fingerprint density at radius 3 is 2.25 bits per heavy atom. The molecule has 3 nitrogen and oxygen atoms in total. The second-order valence-corrected chi connectivity index (χ2v) is 5.95. The van der Waals surface area contributed by atoms with Crippen molar-refractivity contribution in [2.24, 2.45) is 10.9 Å². The predicted octanol–water partition coefficient (Wildman–Crippen LogP) is 3.85. The third-order valence-corrected chi connectivity index (χ3v) is 4.36. The van der Waals surface area contributed by atoms with Crippen LogP contribution >= 0.6 is 24.0 Å². The van der Waals surface area contributed by atoms with Crippen LogP contribution in [0.2, 0.25) is 0 Å². The van der Waals surface area contributed by atoms with Crippen molar-refractivity contribution in [2.75, 3.05) is 13.6 Å². The Labute approximate surface area is 141 Å². The van der Waals surface area contributed by atoms with Gasteiger partial charge in [0.2, 0.25) is 0 Å². The van der Waals surface area contributed by atoms with Gasteiger partial charge >= 0.3 is 0 Å². The van der Waals surface area contributed by atoms with E-state index in [2.05, 4.69) is 27.8 Å². The molecule has 2 N–H and O–H groups in total. The predicted molar refractivity (Wildman–Crippen MR) is 97.9 cm³/mol. The molecule has 0 atom stereocenters.